The maximum absolute atomic E-state index is 7.33. The van der Waals surface area contributed by atoms with Gasteiger partial charge in [-0.05, 0) is 24.3 Å². The number of nitrogens with zero attached hydrogens (tertiary/aromatic N) is 2. The zero-order valence-corrected chi connectivity index (χ0v) is 8.44. The molecule has 0 fully saturated rings. The Hall–Kier alpha value is -2.10. The van der Waals surface area contributed by atoms with E-state index in [-0.39, 0.29) is 5.96 Å². The summed E-state index contributed by atoms with van der Waals surface area (Å²) in [6.07, 6.45) is 1.76. The molecule has 15 heavy (non-hydrogen) atoms. The van der Waals surface area contributed by atoms with E-state index in [2.05, 4.69) is 4.98 Å². The summed E-state index contributed by atoms with van der Waals surface area (Å²) in [7, 11) is 1.76. The van der Waals surface area contributed by atoms with Crippen LogP contribution in [0.1, 0.15) is 0 Å². The van der Waals surface area contributed by atoms with Crippen LogP contribution in [0.15, 0.2) is 36.5 Å². The van der Waals surface area contributed by atoms with Gasteiger partial charge in [0, 0.05) is 24.3 Å². The van der Waals surface area contributed by atoms with Crippen molar-refractivity contribution in [1.82, 2.24) is 4.98 Å². The smallest absolute Gasteiger partial charge is 0.192 e. The molecule has 0 aliphatic carbocycles. The maximum atomic E-state index is 7.33. The number of guanidine groups is 1. The number of pyridine rings is 1. The van der Waals surface area contributed by atoms with Crippen molar-refractivity contribution in [2.75, 3.05) is 11.9 Å². The van der Waals surface area contributed by atoms with Gasteiger partial charge >= 0.3 is 0 Å². The van der Waals surface area contributed by atoms with Crippen LogP contribution in [0.4, 0.5) is 5.69 Å². The largest absolute Gasteiger partial charge is 0.370 e. The Labute approximate surface area is 87.8 Å². The summed E-state index contributed by atoms with van der Waals surface area (Å²) in [4.78, 5) is 5.84. The molecule has 2 aromatic rings. The lowest BCUT2D eigenvalue weighted by molar-refractivity contribution is 1.20. The van der Waals surface area contributed by atoms with Gasteiger partial charge in [0.25, 0.3) is 0 Å². The standard InChI is InChI=1S/C11H12N4/c1-15(11(12)13)9-4-5-10-8(7-9)3-2-6-14-10/h2-7H,1H3,(H3,12,13). The number of anilines is 1. The molecule has 3 N–H and O–H groups in total. The molecule has 0 spiro atoms. The van der Waals surface area contributed by atoms with Gasteiger partial charge in [-0.25, -0.2) is 0 Å². The Kier molecular flexibility index (Phi) is 2.25. The molecule has 76 valence electrons. The lowest BCUT2D eigenvalue weighted by Gasteiger charge is -2.16. The molecule has 0 radical (unpaired) electrons. The molecular formula is C11H12N4. The SMILES string of the molecule is CN(C(=N)N)c1ccc2ncccc2c1. The molecule has 0 saturated carbocycles. The predicted molar refractivity (Wildman–Crippen MR) is 62.1 cm³/mol. The van der Waals surface area contributed by atoms with E-state index in [1.807, 2.05) is 30.3 Å². The summed E-state index contributed by atoms with van der Waals surface area (Å²) in [5, 5.41) is 8.38. The van der Waals surface area contributed by atoms with Gasteiger partial charge in [0.2, 0.25) is 0 Å². The fourth-order valence-corrected chi connectivity index (χ4v) is 1.41. The molecule has 4 heteroatoms. The van der Waals surface area contributed by atoms with Crippen LogP contribution in [-0.4, -0.2) is 18.0 Å². The molecule has 4 nitrogen and oxygen atoms in total. The minimum absolute atomic E-state index is 0.0261. The predicted octanol–water partition coefficient (Wildman–Crippen LogP) is 1.56. The quantitative estimate of drug-likeness (QED) is 0.542. The van der Waals surface area contributed by atoms with Crippen molar-refractivity contribution in [2.24, 2.45) is 5.73 Å². The number of fused-ring (bicyclic) bond motifs is 1. The topological polar surface area (TPSA) is 66.0 Å². The molecule has 2 rings (SSSR count). The van der Waals surface area contributed by atoms with E-state index in [4.69, 9.17) is 11.1 Å². The average Bonchev–Trinajstić information content (AvgIpc) is 2.27. The third-order valence-corrected chi connectivity index (χ3v) is 2.34. The van der Waals surface area contributed by atoms with Gasteiger partial charge in [-0.15, -0.1) is 0 Å². The van der Waals surface area contributed by atoms with Crippen LogP contribution in [-0.2, 0) is 0 Å². The molecular weight excluding hydrogens is 188 g/mol. The van der Waals surface area contributed by atoms with Crippen LogP contribution in [0.25, 0.3) is 10.9 Å². The van der Waals surface area contributed by atoms with Crippen LogP contribution in [0.2, 0.25) is 0 Å². The van der Waals surface area contributed by atoms with E-state index in [1.54, 1.807) is 18.1 Å². The second-order valence-electron chi connectivity index (χ2n) is 3.32. The molecule has 0 unspecified atom stereocenters. The van der Waals surface area contributed by atoms with Gasteiger partial charge in [-0.1, -0.05) is 6.07 Å². The van der Waals surface area contributed by atoms with Gasteiger partial charge < -0.3 is 10.6 Å². The van der Waals surface area contributed by atoms with Crippen LogP contribution >= 0.6 is 0 Å². The molecule has 1 aromatic heterocycles. The fourth-order valence-electron chi connectivity index (χ4n) is 1.41. The molecule has 0 saturated heterocycles. The van der Waals surface area contributed by atoms with Crippen LogP contribution in [0.5, 0.6) is 0 Å². The van der Waals surface area contributed by atoms with Crippen molar-refractivity contribution < 1.29 is 0 Å². The number of hydrogen-bond acceptors (Lipinski definition) is 2. The summed E-state index contributed by atoms with van der Waals surface area (Å²) >= 11 is 0. The van der Waals surface area contributed by atoms with Crippen molar-refractivity contribution in [3.8, 4) is 0 Å². The molecule has 1 aromatic carbocycles. The Morgan fingerprint density at radius 2 is 2.20 bits per heavy atom. The number of rotatable bonds is 1. The van der Waals surface area contributed by atoms with Crippen LogP contribution < -0.4 is 10.6 Å². The summed E-state index contributed by atoms with van der Waals surface area (Å²) in [5.74, 6) is 0.0261. The van der Waals surface area contributed by atoms with Crippen molar-refractivity contribution in [2.45, 2.75) is 0 Å². The highest BCUT2D eigenvalue weighted by atomic mass is 15.2. The van der Waals surface area contributed by atoms with Crippen molar-refractivity contribution >= 4 is 22.5 Å². The lowest BCUT2D eigenvalue weighted by atomic mass is 10.2. The fraction of sp³-hybridized carbons (Fsp3) is 0.0909. The number of aromatic nitrogens is 1. The van der Waals surface area contributed by atoms with Gasteiger partial charge in [0.1, 0.15) is 0 Å². The first-order valence-corrected chi connectivity index (χ1v) is 4.61. The number of hydrogen-bond donors (Lipinski definition) is 2. The Morgan fingerprint density at radius 1 is 1.40 bits per heavy atom. The molecule has 0 amide bonds. The first-order valence-electron chi connectivity index (χ1n) is 4.61. The summed E-state index contributed by atoms with van der Waals surface area (Å²) in [5.41, 5.74) is 7.24. The third-order valence-electron chi connectivity index (χ3n) is 2.34. The zero-order valence-electron chi connectivity index (χ0n) is 8.44. The highest BCUT2D eigenvalue weighted by molar-refractivity contribution is 5.94. The van der Waals surface area contributed by atoms with E-state index in [0.717, 1.165) is 16.6 Å². The Bertz CT molecular complexity index is 507. The molecule has 0 aliphatic rings. The second-order valence-corrected chi connectivity index (χ2v) is 3.32. The number of nitrogens with one attached hydrogen (secondary N) is 1. The Balaban J connectivity index is 2.51. The number of nitrogens with two attached hydrogens (primary N) is 1. The van der Waals surface area contributed by atoms with Gasteiger partial charge in [0.15, 0.2) is 5.96 Å². The van der Waals surface area contributed by atoms with E-state index in [9.17, 15) is 0 Å². The summed E-state index contributed by atoms with van der Waals surface area (Å²) < 4.78 is 0. The van der Waals surface area contributed by atoms with Crippen LogP contribution in [0.3, 0.4) is 0 Å². The van der Waals surface area contributed by atoms with Gasteiger partial charge in [-0.2, -0.15) is 0 Å². The molecule has 1 heterocycles. The van der Waals surface area contributed by atoms with E-state index in [0.29, 0.717) is 0 Å². The highest BCUT2D eigenvalue weighted by Gasteiger charge is 2.03. The highest BCUT2D eigenvalue weighted by Crippen LogP contribution is 2.19. The Morgan fingerprint density at radius 3 is 2.93 bits per heavy atom. The monoisotopic (exact) mass is 200 g/mol. The van der Waals surface area contributed by atoms with E-state index < -0.39 is 0 Å². The van der Waals surface area contributed by atoms with Crippen molar-refractivity contribution in [3.63, 3.8) is 0 Å². The molecule has 0 bridgehead atoms. The number of benzene rings is 1. The molecule has 0 aliphatic heterocycles. The van der Waals surface area contributed by atoms with Gasteiger partial charge in [0.05, 0.1) is 5.52 Å². The van der Waals surface area contributed by atoms with E-state index in [1.165, 1.54) is 0 Å². The minimum Gasteiger partial charge on any atom is -0.370 e. The third kappa shape index (κ3) is 1.74. The first kappa shape index (κ1) is 9.45. The summed E-state index contributed by atoms with van der Waals surface area (Å²) in [6.45, 7) is 0. The summed E-state index contributed by atoms with van der Waals surface area (Å²) in [6, 6.07) is 9.66. The normalized spacial score (nSPS) is 10.2. The van der Waals surface area contributed by atoms with E-state index >= 15 is 0 Å². The lowest BCUT2D eigenvalue weighted by Crippen LogP contribution is -2.32. The van der Waals surface area contributed by atoms with Crippen molar-refractivity contribution in [1.29, 1.82) is 5.41 Å². The van der Waals surface area contributed by atoms with Crippen LogP contribution in [0, 0.1) is 5.41 Å². The van der Waals surface area contributed by atoms with Gasteiger partial charge in [-0.3, -0.25) is 10.4 Å². The second kappa shape index (κ2) is 3.57. The molecule has 0 atom stereocenters. The first-order chi connectivity index (χ1) is 7.18. The van der Waals surface area contributed by atoms with Crippen molar-refractivity contribution in [3.05, 3.63) is 36.5 Å². The minimum atomic E-state index is 0.0261. The average molecular weight is 200 g/mol. The maximum Gasteiger partial charge on any atom is 0.192 e. The zero-order chi connectivity index (χ0) is 10.8.